The van der Waals surface area contributed by atoms with Crippen LogP contribution in [0, 0.1) is 0 Å². The summed E-state index contributed by atoms with van der Waals surface area (Å²) >= 11 is 9.47. The van der Waals surface area contributed by atoms with Crippen molar-refractivity contribution in [3.63, 3.8) is 0 Å². The van der Waals surface area contributed by atoms with Gasteiger partial charge < -0.3 is 5.32 Å². The Hall–Kier alpha value is -0.420. The van der Waals surface area contributed by atoms with Crippen LogP contribution in [0.1, 0.15) is 42.8 Å². The number of halogens is 1. The first-order valence-corrected chi connectivity index (χ1v) is 8.77. The highest BCUT2D eigenvalue weighted by atomic mass is 35.5. The lowest BCUT2D eigenvalue weighted by atomic mass is 9.97. The number of fused-ring (bicyclic) bond motifs is 1. The molecule has 2 aromatic heterocycles. The van der Waals surface area contributed by atoms with E-state index >= 15 is 0 Å². The van der Waals surface area contributed by atoms with E-state index in [0.29, 0.717) is 6.04 Å². The molecule has 0 radical (unpaired) electrons. The second kappa shape index (κ2) is 5.92. The van der Waals surface area contributed by atoms with Crippen LogP contribution in [0.4, 0.5) is 0 Å². The van der Waals surface area contributed by atoms with Gasteiger partial charge in [-0.05, 0) is 44.4 Å². The molecule has 0 amide bonds. The number of nitrogens with zero attached hydrogens (tertiary/aromatic N) is 1. The van der Waals surface area contributed by atoms with Crippen molar-refractivity contribution >= 4 is 34.3 Å². The summed E-state index contributed by atoms with van der Waals surface area (Å²) in [6.45, 7) is 3.28. The molecular weight excluding hydrogens is 296 g/mol. The summed E-state index contributed by atoms with van der Waals surface area (Å²) in [6.07, 6.45) is 4.82. The predicted octanol–water partition coefficient (Wildman–Crippen LogP) is 4.90. The van der Waals surface area contributed by atoms with Gasteiger partial charge in [0.15, 0.2) is 0 Å². The van der Waals surface area contributed by atoms with Crippen LogP contribution in [0.5, 0.6) is 0 Å². The molecule has 0 aromatic carbocycles. The topological polar surface area (TPSA) is 24.9 Å². The second-order valence-corrected chi connectivity index (χ2v) is 7.63. The van der Waals surface area contributed by atoms with Gasteiger partial charge in [-0.25, -0.2) is 4.98 Å². The fourth-order valence-corrected chi connectivity index (χ4v) is 4.73. The SMILES string of the molecule is CCCNC1CCCc2sc(-c3ccc(Cl)s3)nc21. The number of aryl methyl sites for hydroxylation is 1. The van der Waals surface area contributed by atoms with E-state index in [4.69, 9.17) is 16.6 Å². The fourth-order valence-electron chi connectivity index (χ4n) is 2.47. The zero-order chi connectivity index (χ0) is 13.2. The maximum Gasteiger partial charge on any atom is 0.134 e. The largest absolute Gasteiger partial charge is 0.309 e. The minimum Gasteiger partial charge on any atom is -0.309 e. The lowest BCUT2D eigenvalue weighted by Crippen LogP contribution is -2.25. The Labute approximate surface area is 126 Å². The van der Waals surface area contributed by atoms with Crippen molar-refractivity contribution in [3.8, 4) is 9.88 Å². The van der Waals surface area contributed by atoms with Crippen molar-refractivity contribution < 1.29 is 0 Å². The first-order valence-electron chi connectivity index (χ1n) is 6.76. The van der Waals surface area contributed by atoms with Crippen molar-refractivity contribution in [1.82, 2.24) is 10.3 Å². The molecule has 1 unspecified atom stereocenters. The normalized spacial score (nSPS) is 18.5. The van der Waals surface area contributed by atoms with E-state index in [1.165, 1.54) is 41.1 Å². The van der Waals surface area contributed by atoms with Crippen molar-refractivity contribution in [3.05, 3.63) is 27.0 Å². The van der Waals surface area contributed by atoms with E-state index in [1.54, 1.807) is 11.3 Å². The number of nitrogens with one attached hydrogen (secondary N) is 1. The molecular formula is C14H17ClN2S2. The Balaban J connectivity index is 1.88. The van der Waals surface area contributed by atoms with Crippen LogP contribution in [-0.4, -0.2) is 11.5 Å². The molecule has 0 saturated carbocycles. The summed E-state index contributed by atoms with van der Waals surface area (Å²) in [5.41, 5.74) is 1.28. The van der Waals surface area contributed by atoms with E-state index < -0.39 is 0 Å². The molecule has 0 aliphatic heterocycles. The highest BCUT2D eigenvalue weighted by molar-refractivity contribution is 7.23. The molecule has 3 rings (SSSR count). The lowest BCUT2D eigenvalue weighted by molar-refractivity contribution is 0.454. The summed E-state index contributed by atoms with van der Waals surface area (Å²) in [4.78, 5) is 7.53. The molecule has 2 nitrogen and oxygen atoms in total. The van der Waals surface area contributed by atoms with Gasteiger partial charge in [-0.1, -0.05) is 18.5 Å². The molecule has 0 saturated heterocycles. The summed E-state index contributed by atoms with van der Waals surface area (Å²) in [6, 6.07) is 4.48. The van der Waals surface area contributed by atoms with Crippen LogP contribution in [0.3, 0.4) is 0 Å². The molecule has 1 atom stereocenters. The van der Waals surface area contributed by atoms with Crippen LogP contribution >= 0.6 is 34.3 Å². The number of rotatable bonds is 4. The van der Waals surface area contributed by atoms with Crippen LogP contribution in [0.15, 0.2) is 12.1 Å². The molecule has 2 heterocycles. The van der Waals surface area contributed by atoms with Crippen molar-refractivity contribution in [1.29, 1.82) is 0 Å². The monoisotopic (exact) mass is 312 g/mol. The van der Waals surface area contributed by atoms with Crippen LogP contribution in [-0.2, 0) is 6.42 Å². The Morgan fingerprint density at radius 2 is 2.32 bits per heavy atom. The first kappa shape index (κ1) is 13.6. The van der Waals surface area contributed by atoms with Crippen molar-refractivity contribution in [2.45, 2.75) is 38.6 Å². The van der Waals surface area contributed by atoms with E-state index in [0.717, 1.165) is 15.9 Å². The van der Waals surface area contributed by atoms with E-state index in [9.17, 15) is 0 Å². The third-order valence-electron chi connectivity index (χ3n) is 3.38. The first-order chi connectivity index (χ1) is 9.28. The van der Waals surface area contributed by atoms with Crippen molar-refractivity contribution in [2.75, 3.05) is 6.54 Å². The van der Waals surface area contributed by atoms with Crippen LogP contribution in [0.2, 0.25) is 4.34 Å². The van der Waals surface area contributed by atoms with Crippen LogP contribution in [0.25, 0.3) is 9.88 Å². The van der Waals surface area contributed by atoms with Gasteiger partial charge in [0.05, 0.1) is 20.9 Å². The van der Waals surface area contributed by atoms with Crippen LogP contribution < -0.4 is 5.32 Å². The molecule has 2 aromatic rings. The molecule has 0 fully saturated rings. The maximum atomic E-state index is 6.02. The summed E-state index contributed by atoms with van der Waals surface area (Å²) < 4.78 is 0.837. The molecule has 19 heavy (non-hydrogen) atoms. The molecule has 0 spiro atoms. The average Bonchev–Trinajstić information content (AvgIpc) is 3.02. The van der Waals surface area contributed by atoms with E-state index in [1.807, 2.05) is 17.4 Å². The molecule has 102 valence electrons. The van der Waals surface area contributed by atoms with Gasteiger partial charge in [0.2, 0.25) is 0 Å². The highest BCUT2D eigenvalue weighted by Crippen LogP contribution is 2.39. The zero-order valence-electron chi connectivity index (χ0n) is 10.9. The quantitative estimate of drug-likeness (QED) is 0.868. The van der Waals surface area contributed by atoms with Gasteiger partial charge in [0.1, 0.15) is 5.01 Å². The van der Waals surface area contributed by atoms with Gasteiger partial charge in [0.25, 0.3) is 0 Å². The van der Waals surface area contributed by atoms with Gasteiger partial charge in [0, 0.05) is 4.88 Å². The summed E-state index contributed by atoms with van der Waals surface area (Å²) in [7, 11) is 0. The van der Waals surface area contributed by atoms with E-state index in [2.05, 4.69) is 18.3 Å². The van der Waals surface area contributed by atoms with Gasteiger partial charge in [-0.3, -0.25) is 0 Å². The number of hydrogen-bond donors (Lipinski definition) is 1. The minimum atomic E-state index is 0.448. The van der Waals surface area contributed by atoms with E-state index in [-0.39, 0.29) is 0 Å². The third kappa shape index (κ3) is 2.87. The van der Waals surface area contributed by atoms with Gasteiger partial charge in [-0.2, -0.15) is 0 Å². The Kier molecular flexibility index (Phi) is 4.22. The number of thiophene rings is 1. The Morgan fingerprint density at radius 1 is 1.42 bits per heavy atom. The summed E-state index contributed by atoms with van der Waals surface area (Å²) in [5.74, 6) is 0. The zero-order valence-corrected chi connectivity index (χ0v) is 13.3. The predicted molar refractivity (Wildman–Crippen MR) is 84.4 cm³/mol. The Morgan fingerprint density at radius 3 is 3.05 bits per heavy atom. The maximum absolute atomic E-state index is 6.02. The van der Waals surface area contributed by atoms with Gasteiger partial charge in [-0.15, -0.1) is 22.7 Å². The van der Waals surface area contributed by atoms with Crippen molar-refractivity contribution in [2.24, 2.45) is 0 Å². The smallest absolute Gasteiger partial charge is 0.134 e. The molecule has 0 bridgehead atoms. The molecule has 1 aliphatic rings. The fraction of sp³-hybridized carbons (Fsp3) is 0.500. The van der Waals surface area contributed by atoms with Gasteiger partial charge >= 0.3 is 0 Å². The minimum absolute atomic E-state index is 0.448. The second-order valence-electron chi connectivity index (χ2n) is 4.83. The number of aromatic nitrogens is 1. The molecule has 5 heteroatoms. The molecule has 1 aliphatic carbocycles. The highest BCUT2D eigenvalue weighted by Gasteiger charge is 2.24. The Bertz CT molecular complexity index is 562. The standard InChI is InChI=1S/C14H17ClN2S2/c1-2-8-16-9-4-3-5-10-13(9)17-14(19-10)11-6-7-12(15)18-11/h6-7,9,16H,2-5,8H2,1H3. The third-order valence-corrected chi connectivity index (χ3v) is 5.91. The lowest BCUT2D eigenvalue weighted by Gasteiger charge is -2.22. The number of hydrogen-bond acceptors (Lipinski definition) is 4. The summed E-state index contributed by atoms with van der Waals surface area (Å²) in [5, 5.41) is 4.75. The number of thiazole rings is 1. The molecule has 1 N–H and O–H groups in total. The average molecular weight is 313 g/mol.